The lowest BCUT2D eigenvalue weighted by molar-refractivity contribution is 1.24. The number of hydrogen-bond acceptors (Lipinski definition) is 3. The van der Waals surface area contributed by atoms with E-state index in [0.29, 0.717) is 10.0 Å². The number of aromatic nitrogens is 2. The number of pyridine rings is 2. The Morgan fingerprint density at radius 2 is 1.18 bits per heavy atom. The van der Waals surface area contributed by atoms with E-state index in [1.165, 1.54) is 11.8 Å². The topological polar surface area (TPSA) is 25.8 Å². The van der Waals surface area contributed by atoms with Gasteiger partial charge in [0.25, 0.3) is 0 Å². The van der Waals surface area contributed by atoms with Gasteiger partial charge in [-0.2, -0.15) is 0 Å². The molecule has 2 nitrogen and oxygen atoms in total. The van der Waals surface area contributed by atoms with E-state index < -0.39 is 0 Å². The van der Waals surface area contributed by atoms with Crippen molar-refractivity contribution in [3.05, 3.63) is 44.9 Å². The first-order chi connectivity index (χ1) is 8.09. The van der Waals surface area contributed by atoms with E-state index in [-0.39, 0.29) is 10.3 Å². The third-order valence-corrected chi connectivity index (χ3v) is 4.72. The second-order valence-corrected chi connectivity index (χ2v) is 5.49. The van der Waals surface area contributed by atoms with E-state index in [2.05, 4.69) is 9.97 Å². The van der Waals surface area contributed by atoms with Gasteiger partial charge >= 0.3 is 0 Å². The van der Waals surface area contributed by atoms with Crippen molar-refractivity contribution in [2.24, 2.45) is 0 Å². The third kappa shape index (κ3) is 2.98. The molecule has 0 aliphatic carbocycles. The van der Waals surface area contributed by atoms with Gasteiger partial charge in [-0.15, -0.1) is 0 Å². The largest absolute Gasteiger partial charge is 0.243 e. The number of halogens is 4. The Morgan fingerprint density at radius 3 is 1.59 bits per heavy atom. The Balaban J connectivity index is 2.38. The molecule has 0 aliphatic rings. The zero-order chi connectivity index (χ0) is 12.4. The molecule has 0 fully saturated rings. The quantitative estimate of drug-likeness (QED) is 0.706. The first kappa shape index (κ1) is 13.2. The molecule has 0 N–H and O–H groups in total. The van der Waals surface area contributed by atoms with Gasteiger partial charge in [0.1, 0.15) is 10.3 Å². The zero-order valence-corrected chi connectivity index (χ0v) is 12.0. The highest BCUT2D eigenvalue weighted by atomic mass is 35.5. The molecule has 88 valence electrons. The molecule has 0 saturated carbocycles. The van der Waals surface area contributed by atoms with Crippen LogP contribution in [-0.4, -0.2) is 9.97 Å². The fraction of sp³-hybridized carbons (Fsp3) is 0. The maximum absolute atomic E-state index is 6.03. The Kier molecular flexibility index (Phi) is 4.39. The minimum atomic E-state index is 0.257. The summed E-state index contributed by atoms with van der Waals surface area (Å²) < 4.78 is 0. The van der Waals surface area contributed by atoms with E-state index in [0.717, 1.165) is 9.79 Å². The molecule has 2 rings (SSSR count). The number of hydrogen-bond donors (Lipinski definition) is 0. The average Bonchev–Trinajstić information content (AvgIpc) is 2.31. The van der Waals surface area contributed by atoms with E-state index in [4.69, 9.17) is 46.4 Å². The summed E-state index contributed by atoms with van der Waals surface area (Å²) in [7, 11) is 0. The minimum Gasteiger partial charge on any atom is -0.243 e. The molecule has 17 heavy (non-hydrogen) atoms. The van der Waals surface area contributed by atoms with E-state index in [1.54, 1.807) is 24.5 Å². The normalized spacial score (nSPS) is 10.6. The van der Waals surface area contributed by atoms with Crippen molar-refractivity contribution in [3.8, 4) is 0 Å². The van der Waals surface area contributed by atoms with Crippen LogP contribution in [0.1, 0.15) is 0 Å². The molecule has 0 unspecified atom stereocenters. The van der Waals surface area contributed by atoms with Crippen molar-refractivity contribution in [3.63, 3.8) is 0 Å². The molecule has 7 heteroatoms. The summed E-state index contributed by atoms with van der Waals surface area (Å²) in [4.78, 5) is 9.26. The van der Waals surface area contributed by atoms with Gasteiger partial charge in [-0.3, -0.25) is 0 Å². The summed E-state index contributed by atoms with van der Waals surface area (Å²) in [5.74, 6) is 0. The van der Waals surface area contributed by atoms with E-state index >= 15 is 0 Å². The lowest BCUT2D eigenvalue weighted by Gasteiger charge is -2.06. The summed E-state index contributed by atoms with van der Waals surface area (Å²) in [5.41, 5.74) is 0. The summed E-state index contributed by atoms with van der Waals surface area (Å²) in [6.45, 7) is 0. The SMILES string of the molecule is Clc1nccc(Sc2ccnc(Cl)c2Cl)c1Cl. The van der Waals surface area contributed by atoms with Gasteiger partial charge in [0.2, 0.25) is 0 Å². The van der Waals surface area contributed by atoms with E-state index in [1.807, 2.05) is 0 Å². The first-order valence-corrected chi connectivity index (χ1v) is 6.70. The molecule has 0 saturated heterocycles. The third-order valence-electron chi connectivity index (χ3n) is 1.84. The van der Waals surface area contributed by atoms with Crippen molar-refractivity contribution in [2.45, 2.75) is 9.79 Å². The van der Waals surface area contributed by atoms with Crippen molar-refractivity contribution in [1.82, 2.24) is 9.97 Å². The van der Waals surface area contributed by atoms with Crippen molar-refractivity contribution in [2.75, 3.05) is 0 Å². The van der Waals surface area contributed by atoms with Crippen LogP contribution in [0, 0.1) is 0 Å². The first-order valence-electron chi connectivity index (χ1n) is 4.37. The Morgan fingerprint density at radius 1 is 0.765 bits per heavy atom. The van der Waals surface area contributed by atoms with Gasteiger partial charge in [-0.1, -0.05) is 58.2 Å². The molecular formula is C10H4Cl4N2S. The molecule has 2 aromatic rings. The predicted octanol–water partition coefficient (Wildman–Crippen LogP) is 5.24. The summed E-state index contributed by atoms with van der Waals surface area (Å²) in [6, 6.07) is 3.51. The molecule has 0 amide bonds. The predicted molar refractivity (Wildman–Crippen MR) is 72.6 cm³/mol. The molecule has 0 spiro atoms. The highest BCUT2D eigenvalue weighted by molar-refractivity contribution is 7.99. The minimum absolute atomic E-state index is 0.257. The van der Waals surface area contributed by atoms with Crippen LogP contribution in [0.15, 0.2) is 34.3 Å². The van der Waals surface area contributed by atoms with Crippen LogP contribution in [0.5, 0.6) is 0 Å². The van der Waals surface area contributed by atoms with Gasteiger partial charge in [0, 0.05) is 22.2 Å². The fourth-order valence-corrected chi connectivity index (χ4v) is 2.83. The zero-order valence-electron chi connectivity index (χ0n) is 8.12. The summed E-state index contributed by atoms with van der Waals surface area (Å²) >= 11 is 25.1. The second kappa shape index (κ2) is 5.63. The molecule has 0 atom stereocenters. The maximum atomic E-state index is 6.03. The van der Waals surface area contributed by atoms with Gasteiger partial charge in [-0.25, -0.2) is 9.97 Å². The van der Waals surface area contributed by atoms with Crippen LogP contribution in [0.2, 0.25) is 20.4 Å². The van der Waals surface area contributed by atoms with Crippen molar-refractivity contribution >= 4 is 58.2 Å². The molecule has 0 aliphatic heterocycles. The fourth-order valence-electron chi connectivity index (χ4n) is 1.08. The molecule has 0 radical (unpaired) electrons. The Labute approximate surface area is 122 Å². The standard InChI is InChI=1S/C10H4Cl4N2S/c11-7-5(1-3-15-9(7)13)17-6-2-4-16-10(14)8(6)12/h1-4H. The van der Waals surface area contributed by atoms with Crippen LogP contribution < -0.4 is 0 Å². The highest BCUT2D eigenvalue weighted by Gasteiger charge is 2.11. The molecule has 2 heterocycles. The van der Waals surface area contributed by atoms with Gasteiger partial charge < -0.3 is 0 Å². The van der Waals surface area contributed by atoms with Crippen LogP contribution >= 0.6 is 58.2 Å². The molecule has 2 aromatic heterocycles. The smallest absolute Gasteiger partial charge is 0.148 e. The monoisotopic (exact) mass is 324 g/mol. The van der Waals surface area contributed by atoms with Crippen LogP contribution in [0.4, 0.5) is 0 Å². The molecular weight excluding hydrogens is 322 g/mol. The number of nitrogens with zero attached hydrogens (tertiary/aromatic N) is 2. The lowest BCUT2D eigenvalue weighted by Crippen LogP contribution is -1.83. The van der Waals surface area contributed by atoms with Crippen LogP contribution in [0.25, 0.3) is 0 Å². The van der Waals surface area contributed by atoms with Gasteiger partial charge in [0.15, 0.2) is 0 Å². The molecule has 0 bridgehead atoms. The average molecular weight is 326 g/mol. The lowest BCUT2D eigenvalue weighted by atomic mass is 10.5. The summed E-state index contributed by atoms with van der Waals surface area (Å²) in [5, 5.41) is 1.30. The van der Waals surface area contributed by atoms with Crippen LogP contribution in [0.3, 0.4) is 0 Å². The second-order valence-electron chi connectivity index (χ2n) is 2.93. The van der Waals surface area contributed by atoms with Gasteiger partial charge in [0.05, 0.1) is 10.0 Å². The molecule has 0 aromatic carbocycles. The highest BCUT2D eigenvalue weighted by Crippen LogP contribution is 2.40. The van der Waals surface area contributed by atoms with Crippen molar-refractivity contribution in [1.29, 1.82) is 0 Å². The number of rotatable bonds is 2. The Hall–Kier alpha value is -0.190. The van der Waals surface area contributed by atoms with Crippen LogP contribution in [-0.2, 0) is 0 Å². The summed E-state index contributed by atoms with van der Waals surface area (Å²) in [6.07, 6.45) is 3.15. The van der Waals surface area contributed by atoms with Crippen molar-refractivity contribution < 1.29 is 0 Å². The van der Waals surface area contributed by atoms with E-state index in [9.17, 15) is 0 Å². The van der Waals surface area contributed by atoms with Gasteiger partial charge in [-0.05, 0) is 12.1 Å². The maximum Gasteiger partial charge on any atom is 0.148 e. The Bertz CT molecular complexity index is 512.